The Labute approximate surface area is 109 Å². The van der Waals surface area contributed by atoms with E-state index >= 15 is 0 Å². The molecule has 0 saturated heterocycles. The van der Waals surface area contributed by atoms with Crippen molar-refractivity contribution < 1.29 is 4.42 Å². The van der Waals surface area contributed by atoms with Crippen molar-refractivity contribution in [2.24, 2.45) is 0 Å². The van der Waals surface area contributed by atoms with Crippen molar-refractivity contribution in [3.63, 3.8) is 0 Å². The summed E-state index contributed by atoms with van der Waals surface area (Å²) >= 11 is 3.56. The molecule has 0 bridgehead atoms. The number of nitrogens with one attached hydrogen (secondary N) is 1. The van der Waals surface area contributed by atoms with Gasteiger partial charge in [0.05, 0.1) is 34.9 Å². The first kappa shape index (κ1) is 12.4. The smallest absolute Gasteiger partial charge is 0.0954 e. The lowest BCUT2D eigenvalue weighted by Gasteiger charge is -2.19. The fraction of sp³-hybridized carbons (Fsp3) is 0.417. The van der Waals surface area contributed by atoms with E-state index in [4.69, 9.17) is 4.42 Å². The van der Waals surface area contributed by atoms with Gasteiger partial charge in [0, 0.05) is 11.6 Å². The minimum atomic E-state index is 0.0769. The van der Waals surface area contributed by atoms with Gasteiger partial charge < -0.3 is 9.73 Å². The van der Waals surface area contributed by atoms with E-state index in [2.05, 4.69) is 40.2 Å². The summed E-state index contributed by atoms with van der Waals surface area (Å²) in [5.74, 6) is 0. The Morgan fingerprint density at radius 1 is 1.47 bits per heavy atom. The molecule has 2 aromatic heterocycles. The van der Waals surface area contributed by atoms with Gasteiger partial charge in [0.2, 0.25) is 0 Å². The summed E-state index contributed by atoms with van der Waals surface area (Å²) in [7, 11) is 1.93. The first-order chi connectivity index (χ1) is 8.15. The van der Waals surface area contributed by atoms with Crippen LogP contribution in [0.5, 0.6) is 0 Å². The van der Waals surface area contributed by atoms with E-state index < -0.39 is 0 Å². The summed E-state index contributed by atoms with van der Waals surface area (Å²) in [6.07, 6.45) is 5.27. The highest BCUT2D eigenvalue weighted by Gasteiger charge is 2.22. The Morgan fingerprint density at radius 3 is 2.76 bits per heavy atom. The van der Waals surface area contributed by atoms with Gasteiger partial charge in [-0.2, -0.15) is 5.10 Å². The van der Waals surface area contributed by atoms with E-state index in [1.165, 1.54) is 0 Å². The second-order valence-corrected chi connectivity index (χ2v) is 5.05. The third kappa shape index (κ3) is 2.30. The Kier molecular flexibility index (Phi) is 3.69. The van der Waals surface area contributed by atoms with Crippen LogP contribution in [0.3, 0.4) is 0 Å². The molecule has 0 amide bonds. The lowest BCUT2D eigenvalue weighted by Crippen LogP contribution is -2.22. The van der Waals surface area contributed by atoms with Crippen molar-refractivity contribution in [2.45, 2.75) is 25.9 Å². The minimum Gasteiger partial charge on any atom is -0.472 e. The number of hydrogen-bond acceptors (Lipinski definition) is 3. The van der Waals surface area contributed by atoms with E-state index in [1.807, 2.05) is 24.0 Å². The molecule has 5 heteroatoms. The highest BCUT2D eigenvalue weighted by molar-refractivity contribution is 9.10. The maximum atomic E-state index is 5.15. The summed E-state index contributed by atoms with van der Waals surface area (Å²) in [4.78, 5) is 0. The van der Waals surface area contributed by atoms with Gasteiger partial charge in [0.15, 0.2) is 0 Å². The zero-order valence-electron chi connectivity index (χ0n) is 10.1. The van der Waals surface area contributed by atoms with Gasteiger partial charge in [-0.1, -0.05) is 0 Å². The Bertz CT molecular complexity index is 476. The predicted octanol–water partition coefficient (Wildman–Crippen LogP) is 3.13. The monoisotopic (exact) mass is 297 g/mol. The van der Waals surface area contributed by atoms with Crippen LogP contribution >= 0.6 is 15.9 Å². The third-order valence-electron chi connectivity index (χ3n) is 2.71. The van der Waals surface area contributed by atoms with Crippen LogP contribution in [0.1, 0.15) is 37.2 Å². The van der Waals surface area contributed by atoms with Crippen LogP contribution in [0.4, 0.5) is 0 Å². The van der Waals surface area contributed by atoms with Crippen molar-refractivity contribution in [1.29, 1.82) is 0 Å². The normalized spacial score (nSPS) is 13.2. The van der Waals surface area contributed by atoms with Crippen LogP contribution in [0.25, 0.3) is 0 Å². The average molecular weight is 298 g/mol. The van der Waals surface area contributed by atoms with Gasteiger partial charge >= 0.3 is 0 Å². The Morgan fingerprint density at radius 2 is 2.24 bits per heavy atom. The van der Waals surface area contributed by atoms with E-state index in [0.717, 1.165) is 15.7 Å². The van der Waals surface area contributed by atoms with Crippen LogP contribution in [0, 0.1) is 0 Å². The molecule has 2 aromatic rings. The van der Waals surface area contributed by atoms with Crippen LogP contribution in [0.15, 0.2) is 33.7 Å². The largest absolute Gasteiger partial charge is 0.472 e. The van der Waals surface area contributed by atoms with Crippen LogP contribution in [-0.4, -0.2) is 16.8 Å². The zero-order chi connectivity index (χ0) is 12.4. The average Bonchev–Trinajstić information content (AvgIpc) is 2.91. The van der Waals surface area contributed by atoms with Crippen molar-refractivity contribution in [1.82, 2.24) is 15.1 Å². The lowest BCUT2D eigenvalue weighted by atomic mass is 10.1. The molecule has 92 valence electrons. The summed E-state index contributed by atoms with van der Waals surface area (Å²) in [6, 6.07) is 2.36. The number of hydrogen-bond donors (Lipinski definition) is 1. The molecule has 0 aromatic carbocycles. The molecule has 0 fully saturated rings. The molecule has 2 rings (SSSR count). The van der Waals surface area contributed by atoms with E-state index in [9.17, 15) is 0 Å². The van der Waals surface area contributed by atoms with Crippen molar-refractivity contribution in [3.05, 3.63) is 40.5 Å². The molecule has 2 heterocycles. The highest BCUT2D eigenvalue weighted by Crippen LogP contribution is 2.30. The van der Waals surface area contributed by atoms with Gasteiger partial charge in [-0.3, -0.25) is 4.68 Å². The standard InChI is InChI=1S/C12H16BrN3O/c1-8(2)16-12(10(13)6-15-16)11(14-3)9-4-5-17-7-9/h4-8,11,14H,1-3H3. The molecule has 0 aliphatic heterocycles. The number of nitrogens with zero attached hydrogens (tertiary/aromatic N) is 2. The van der Waals surface area contributed by atoms with Gasteiger partial charge in [-0.05, 0) is 42.9 Å². The van der Waals surface area contributed by atoms with Gasteiger partial charge in [0.25, 0.3) is 0 Å². The van der Waals surface area contributed by atoms with Gasteiger partial charge in [0.1, 0.15) is 0 Å². The predicted molar refractivity (Wildman–Crippen MR) is 69.9 cm³/mol. The molecule has 4 nitrogen and oxygen atoms in total. The van der Waals surface area contributed by atoms with Crippen LogP contribution in [-0.2, 0) is 0 Å². The Balaban J connectivity index is 2.47. The topological polar surface area (TPSA) is 43.0 Å². The molecule has 0 saturated carbocycles. The number of aromatic nitrogens is 2. The molecule has 0 radical (unpaired) electrons. The quantitative estimate of drug-likeness (QED) is 0.943. The number of furan rings is 1. The molecule has 0 aliphatic rings. The summed E-state index contributed by atoms with van der Waals surface area (Å²) in [5, 5.41) is 7.69. The van der Waals surface area contributed by atoms with Gasteiger partial charge in [-0.25, -0.2) is 0 Å². The molecule has 1 unspecified atom stereocenters. The van der Waals surface area contributed by atoms with Crippen LogP contribution in [0.2, 0.25) is 0 Å². The minimum absolute atomic E-state index is 0.0769. The van der Waals surface area contributed by atoms with Crippen LogP contribution < -0.4 is 5.32 Å². The van der Waals surface area contributed by atoms with Crippen molar-refractivity contribution >= 4 is 15.9 Å². The number of halogens is 1. The van der Waals surface area contributed by atoms with Gasteiger partial charge in [-0.15, -0.1) is 0 Å². The van der Waals surface area contributed by atoms with E-state index in [-0.39, 0.29) is 6.04 Å². The fourth-order valence-electron chi connectivity index (χ4n) is 1.93. The number of rotatable bonds is 4. The second-order valence-electron chi connectivity index (χ2n) is 4.19. The lowest BCUT2D eigenvalue weighted by molar-refractivity contribution is 0.480. The summed E-state index contributed by atoms with van der Waals surface area (Å²) in [5.41, 5.74) is 2.21. The highest BCUT2D eigenvalue weighted by atomic mass is 79.9. The third-order valence-corrected chi connectivity index (χ3v) is 3.33. The van der Waals surface area contributed by atoms with E-state index in [0.29, 0.717) is 6.04 Å². The molecular weight excluding hydrogens is 282 g/mol. The molecule has 0 spiro atoms. The van der Waals surface area contributed by atoms with E-state index in [1.54, 1.807) is 12.5 Å². The second kappa shape index (κ2) is 5.06. The summed E-state index contributed by atoms with van der Waals surface area (Å²) < 4.78 is 8.17. The maximum Gasteiger partial charge on any atom is 0.0954 e. The first-order valence-corrected chi connectivity index (χ1v) is 6.36. The molecule has 17 heavy (non-hydrogen) atoms. The Hall–Kier alpha value is -1.07. The molecule has 1 N–H and O–H groups in total. The molecule has 0 aliphatic carbocycles. The molecule has 1 atom stereocenters. The SMILES string of the molecule is CNC(c1ccoc1)c1c(Br)cnn1C(C)C. The van der Waals surface area contributed by atoms with Crippen molar-refractivity contribution in [2.75, 3.05) is 7.05 Å². The summed E-state index contributed by atoms with van der Waals surface area (Å²) in [6.45, 7) is 4.23. The van der Waals surface area contributed by atoms with Crippen molar-refractivity contribution in [3.8, 4) is 0 Å². The fourth-order valence-corrected chi connectivity index (χ4v) is 2.43. The maximum absolute atomic E-state index is 5.15. The first-order valence-electron chi connectivity index (χ1n) is 5.57. The zero-order valence-corrected chi connectivity index (χ0v) is 11.7. The molecular formula is C12H16BrN3O.